The molecule has 7 rings (SSSR count). The van der Waals surface area contributed by atoms with Crippen LogP contribution in [0.5, 0.6) is 0 Å². The zero-order valence-electron chi connectivity index (χ0n) is 26.0. The Morgan fingerprint density at radius 2 is 0.667 bits per heavy atom. The Morgan fingerprint density at radius 1 is 0.356 bits per heavy atom. The van der Waals surface area contributed by atoms with Crippen molar-refractivity contribution >= 4 is 45.2 Å². The average Bonchev–Trinajstić information content (AvgIpc) is 3.49. The highest BCUT2D eigenvalue weighted by Crippen LogP contribution is 2.37. The molecule has 0 unspecified atom stereocenters. The molecule has 5 nitrogen and oxygen atoms in total. The molecule has 0 spiro atoms. The van der Waals surface area contributed by atoms with Gasteiger partial charge in [0.25, 0.3) is 0 Å². The van der Waals surface area contributed by atoms with E-state index in [1.165, 1.54) is 22.3 Å². The number of fused-ring (bicyclic) bond motifs is 1. The molecule has 7 aromatic rings. The summed E-state index contributed by atoms with van der Waals surface area (Å²) >= 11 is 0. The Labute approximate surface area is 264 Å². The second-order valence-corrected chi connectivity index (χ2v) is 11.7. The molecule has 0 fully saturated rings. The summed E-state index contributed by atoms with van der Waals surface area (Å²) in [6.45, 7) is 8.45. The molecule has 6 aromatic carbocycles. The highest BCUT2D eigenvalue weighted by molar-refractivity contribution is 5.85. The van der Waals surface area contributed by atoms with Gasteiger partial charge in [-0.3, -0.25) is 0 Å². The maximum Gasteiger partial charge on any atom is 0.115 e. The van der Waals surface area contributed by atoms with Crippen LogP contribution in [0.15, 0.2) is 140 Å². The molecule has 0 atom stereocenters. The first kappa shape index (κ1) is 28.1. The fourth-order valence-corrected chi connectivity index (χ4v) is 5.56. The molecular weight excluding hydrogens is 550 g/mol. The van der Waals surface area contributed by atoms with Gasteiger partial charge in [-0.05, 0) is 119 Å². The summed E-state index contributed by atoms with van der Waals surface area (Å²) in [4.78, 5) is 6.26. The molecule has 0 bridgehead atoms. The zero-order chi connectivity index (χ0) is 30.9. The van der Waals surface area contributed by atoms with Crippen molar-refractivity contribution in [2.45, 2.75) is 27.7 Å². The summed E-state index contributed by atoms with van der Waals surface area (Å²) in [5.41, 5.74) is 14.0. The largest absolute Gasteiger partial charge is 0.311 e. The maximum absolute atomic E-state index is 4.92. The highest BCUT2D eigenvalue weighted by atomic mass is 15.5. The summed E-state index contributed by atoms with van der Waals surface area (Å²) in [7, 11) is 0. The van der Waals surface area contributed by atoms with Crippen LogP contribution in [0, 0.1) is 27.7 Å². The van der Waals surface area contributed by atoms with Gasteiger partial charge < -0.3 is 9.80 Å². The van der Waals surface area contributed by atoms with Gasteiger partial charge in [0, 0.05) is 34.1 Å². The lowest BCUT2D eigenvalue weighted by atomic mass is 10.1. The van der Waals surface area contributed by atoms with Gasteiger partial charge >= 0.3 is 0 Å². The number of hydrogen-bond acceptors (Lipinski definition) is 4. The SMILES string of the molecule is Cc1ccc(N(c2ccc(C)cc2)c2ccc(-n3nc4ccc(N(c5ccc(C)cc5)c5ccc(C)cc5)cc4n3)cc2)cc1. The molecule has 0 radical (unpaired) electrons. The molecule has 0 amide bonds. The predicted octanol–water partition coefficient (Wildman–Crippen LogP) is 10.6. The molecule has 1 heterocycles. The molecule has 0 aliphatic heterocycles. The molecule has 220 valence electrons. The standard InChI is InChI=1S/C40H35N5/c1-28-5-13-32(14-6-28)43(33-15-7-29(2)8-16-33)36-21-23-37(24-22-36)45-41-39-26-25-38(27-40(39)42-45)44(34-17-9-30(3)10-18-34)35-19-11-31(4)12-20-35/h5-27H,1-4H3. The van der Waals surface area contributed by atoms with E-state index in [0.29, 0.717) is 0 Å². The summed E-state index contributed by atoms with van der Waals surface area (Å²) < 4.78 is 0. The van der Waals surface area contributed by atoms with Gasteiger partial charge in [0.2, 0.25) is 0 Å². The van der Waals surface area contributed by atoms with Crippen LogP contribution in [0.25, 0.3) is 16.7 Å². The van der Waals surface area contributed by atoms with Crippen LogP contribution in [0.1, 0.15) is 22.3 Å². The monoisotopic (exact) mass is 585 g/mol. The number of benzene rings is 6. The van der Waals surface area contributed by atoms with Crippen molar-refractivity contribution < 1.29 is 0 Å². The van der Waals surface area contributed by atoms with Gasteiger partial charge in [0.1, 0.15) is 11.0 Å². The van der Waals surface area contributed by atoms with E-state index in [9.17, 15) is 0 Å². The van der Waals surface area contributed by atoms with E-state index in [1.807, 2.05) is 0 Å². The minimum atomic E-state index is 0.835. The minimum Gasteiger partial charge on any atom is -0.311 e. The number of anilines is 6. The van der Waals surface area contributed by atoms with E-state index in [1.54, 1.807) is 4.80 Å². The summed E-state index contributed by atoms with van der Waals surface area (Å²) in [6.07, 6.45) is 0. The molecule has 1 aromatic heterocycles. The van der Waals surface area contributed by atoms with Crippen molar-refractivity contribution in [3.63, 3.8) is 0 Å². The quantitative estimate of drug-likeness (QED) is 0.186. The van der Waals surface area contributed by atoms with Crippen LogP contribution in [0.4, 0.5) is 34.1 Å². The molecule has 0 saturated carbocycles. The topological polar surface area (TPSA) is 37.2 Å². The number of hydrogen-bond donors (Lipinski definition) is 0. The van der Waals surface area contributed by atoms with Crippen molar-refractivity contribution in [2.75, 3.05) is 9.80 Å². The average molecular weight is 586 g/mol. The van der Waals surface area contributed by atoms with Gasteiger partial charge in [0.15, 0.2) is 0 Å². The Bertz CT molecular complexity index is 1970. The van der Waals surface area contributed by atoms with E-state index in [-0.39, 0.29) is 0 Å². The van der Waals surface area contributed by atoms with Gasteiger partial charge in [-0.1, -0.05) is 70.8 Å². The van der Waals surface area contributed by atoms with Crippen molar-refractivity contribution in [2.24, 2.45) is 0 Å². The van der Waals surface area contributed by atoms with Crippen LogP contribution >= 0.6 is 0 Å². The van der Waals surface area contributed by atoms with E-state index in [2.05, 4.69) is 177 Å². The van der Waals surface area contributed by atoms with Crippen LogP contribution in [0.2, 0.25) is 0 Å². The van der Waals surface area contributed by atoms with Gasteiger partial charge in [0.05, 0.1) is 5.69 Å². The molecule has 0 aliphatic carbocycles. The second-order valence-electron chi connectivity index (χ2n) is 11.7. The summed E-state index contributed by atoms with van der Waals surface area (Å²) in [5, 5.41) is 9.75. The van der Waals surface area contributed by atoms with Crippen molar-refractivity contribution in [1.82, 2.24) is 15.0 Å². The Balaban J connectivity index is 1.23. The van der Waals surface area contributed by atoms with Crippen LogP contribution in [-0.4, -0.2) is 15.0 Å². The summed E-state index contributed by atoms with van der Waals surface area (Å²) in [6, 6.07) is 49.2. The predicted molar refractivity (Wildman–Crippen MR) is 187 cm³/mol. The second kappa shape index (κ2) is 11.8. The van der Waals surface area contributed by atoms with Crippen LogP contribution in [-0.2, 0) is 0 Å². The first-order valence-corrected chi connectivity index (χ1v) is 15.3. The van der Waals surface area contributed by atoms with Crippen LogP contribution < -0.4 is 9.80 Å². The van der Waals surface area contributed by atoms with Gasteiger partial charge in [-0.2, -0.15) is 4.80 Å². The molecule has 0 saturated heterocycles. The van der Waals surface area contributed by atoms with Crippen molar-refractivity contribution in [1.29, 1.82) is 0 Å². The highest BCUT2D eigenvalue weighted by Gasteiger charge is 2.16. The number of aromatic nitrogens is 3. The number of nitrogens with zero attached hydrogens (tertiary/aromatic N) is 5. The van der Waals surface area contributed by atoms with Crippen molar-refractivity contribution in [3.05, 3.63) is 162 Å². The number of aryl methyl sites for hydroxylation is 4. The lowest BCUT2D eigenvalue weighted by Gasteiger charge is -2.26. The third kappa shape index (κ3) is 5.80. The normalized spacial score (nSPS) is 11.1. The van der Waals surface area contributed by atoms with Gasteiger partial charge in [-0.15, -0.1) is 10.2 Å². The van der Waals surface area contributed by atoms with E-state index in [0.717, 1.165) is 50.8 Å². The van der Waals surface area contributed by atoms with E-state index in [4.69, 9.17) is 10.2 Å². The van der Waals surface area contributed by atoms with E-state index >= 15 is 0 Å². The zero-order valence-corrected chi connectivity index (χ0v) is 26.0. The molecule has 0 aliphatic rings. The lowest BCUT2D eigenvalue weighted by Crippen LogP contribution is -2.10. The Kier molecular flexibility index (Phi) is 7.36. The fourth-order valence-electron chi connectivity index (χ4n) is 5.56. The minimum absolute atomic E-state index is 0.835. The third-order valence-corrected chi connectivity index (χ3v) is 8.13. The first-order chi connectivity index (χ1) is 21.9. The van der Waals surface area contributed by atoms with Crippen LogP contribution in [0.3, 0.4) is 0 Å². The lowest BCUT2D eigenvalue weighted by molar-refractivity contribution is 0.766. The molecule has 45 heavy (non-hydrogen) atoms. The van der Waals surface area contributed by atoms with Crippen molar-refractivity contribution in [3.8, 4) is 5.69 Å². The van der Waals surface area contributed by atoms with E-state index < -0.39 is 0 Å². The van der Waals surface area contributed by atoms with Gasteiger partial charge in [-0.25, -0.2) is 0 Å². The Hall–Kier alpha value is -5.68. The smallest absolute Gasteiger partial charge is 0.115 e. The third-order valence-electron chi connectivity index (χ3n) is 8.13. The fraction of sp³-hybridized carbons (Fsp3) is 0.100. The number of rotatable bonds is 7. The summed E-state index contributed by atoms with van der Waals surface area (Å²) in [5.74, 6) is 0. The molecular formula is C40H35N5. The molecule has 5 heteroatoms. The Morgan fingerprint density at radius 3 is 1.07 bits per heavy atom. The molecule has 0 N–H and O–H groups in total. The maximum atomic E-state index is 4.92. The first-order valence-electron chi connectivity index (χ1n) is 15.3.